The van der Waals surface area contributed by atoms with E-state index < -0.39 is 0 Å². The number of carbonyl (C=O) groups excluding carboxylic acids is 2. The van der Waals surface area contributed by atoms with E-state index in [1.54, 1.807) is 31.4 Å². The minimum absolute atomic E-state index is 0.00555. The quantitative estimate of drug-likeness (QED) is 0.758. The van der Waals surface area contributed by atoms with Gasteiger partial charge in [-0.05, 0) is 50.6 Å². The molecule has 1 fully saturated rings. The van der Waals surface area contributed by atoms with Crippen LogP contribution in [0.5, 0.6) is 5.75 Å². The molecule has 6 heteroatoms. The lowest BCUT2D eigenvalue weighted by molar-refractivity contribution is -0.127. The minimum atomic E-state index is -0.327. The molecule has 1 atom stereocenters. The fourth-order valence-corrected chi connectivity index (χ4v) is 3.14. The molecule has 2 N–H and O–H groups in total. The summed E-state index contributed by atoms with van der Waals surface area (Å²) in [5, 5.41) is 5.96. The molecule has 2 amide bonds. The van der Waals surface area contributed by atoms with Crippen LogP contribution in [0.15, 0.2) is 24.3 Å². The van der Waals surface area contributed by atoms with Crippen molar-refractivity contribution in [2.24, 2.45) is 0 Å². The molecule has 0 bridgehead atoms. The van der Waals surface area contributed by atoms with E-state index in [2.05, 4.69) is 10.6 Å². The third-order valence-corrected chi connectivity index (χ3v) is 4.76. The van der Waals surface area contributed by atoms with Gasteiger partial charge in [-0.2, -0.15) is 0 Å². The largest absolute Gasteiger partial charge is 0.497 e. The van der Waals surface area contributed by atoms with Crippen molar-refractivity contribution in [2.75, 3.05) is 25.5 Å². The highest BCUT2D eigenvalue weighted by molar-refractivity contribution is 5.93. The molecule has 0 saturated heterocycles. The lowest BCUT2D eigenvalue weighted by Gasteiger charge is -2.27. The third kappa shape index (κ3) is 5.74. The van der Waals surface area contributed by atoms with Gasteiger partial charge >= 0.3 is 0 Å². The second kappa shape index (κ2) is 9.42. The van der Waals surface area contributed by atoms with Crippen molar-refractivity contribution in [1.82, 2.24) is 10.2 Å². The molecule has 1 aromatic rings. The summed E-state index contributed by atoms with van der Waals surface area (Å²) in [7, 11) is 1.60. The van der Waals surface area contributed by atoms with Crippen LogP contribution in [0.4, 0.5) is 5.69 Å². The Morgan fingerprint density at radius 2 is 1.88 bits per heavy atom. The summed E-state index contributed by atoms with van der Waals surface area (Å²) in [5.74, 6) is 0.615. The van der Waals surface area contributed by atoms with Crippen LogP contribution in [0, 0.1) is 0 Å². The molecule has 1 aromatic carbocycles. The Morgan fingerprint density at radius 3 is 2.44 bits per heavy atom. The predicted octanol–water partition coefficient (Wildman–Crippen LogP) is 2.40. The number of amides is 2. The van der Waals surface area contributed by atoms with Crippen LogP contribution in [0.1, 0.15) is 39.5 Å². The Hall–Kier alpha value is -2.08. The van der Waals surface area contributed by atoms with E-state index >= 15 is 0 Å². The van der Waals surface area contributed by atoms with Crippen molar-refractivity contribution in [1.29, 1.82) is 0 Å². The number of methoxy groups -OCH3 is 1. The van der Waals surface area contributed by atoms with Crippen molar-refractivity contribution >= 4 is 17.5 Å². The first-order chi connectivity index (χ1) is 12.0. The number of anilines is 1. The standard InChI is InChI=1S/C19H29N3O3/c1-4-22(14(2)19(24)21-15-7-5-6-8-15)13-18(23)20-16-9-11-17(25-3)12-10-16/h9-12,14-15H,4-8,13H2,1-3H3,(H,20,23)(H,21,24)/t14-/m0/s1. The number of hydrogen-bond acceptors (Lipinski definition) is 4. The van der Waals surface area contributed by atoms with E-state index in [4.69, 9.17) is 4.74 Å². The molecule has 0 spiro atoms. The molecule has 6 nitrogen and oxygen atoms in total. The summed E-state index contributed by atoms with van der Waals surface area (Å²) < 4.78 is 5.10. The second-order valence-corrected chi connectivity index (χ2v) is 6.51. The Bertz CT molecular complexity index is 568. The monoisotopic (exact) mass is 347 g/mol. The van der Waals surface area contributed by atoms with Crippen LogP contribution >= 0.6 is 0 Å². The molecule has 25 heavy (non-hydrogen) atoms. The molecule has 1 aliphatic rings. The van der Waals surface area contributed by atoms with Crippen LogP contribution in [-0.4, -0.2) is 49.0 Å². The molecule has 1 aliphatic carbocycles. The second-order valence-electron chi connectivity index (χ2n) is 6.51. The Kier molecular flexibility index (Phi) is 7.25. The minimum Gasteiger partial charge on any atom is -0.497 e. The summed E-state index contributed by atoms with van der Waals surface area (Å²) >= 11 is 0. The third-order valence-electron chi connectivity index (χ3n) is 4.76. The van der Waals surface area contributed by atoms with E-state index in [0.717, 1.165) is 18.6 Å². The number of hydrogen-bond donors (Lipinski definition) is 2. The maximum Gasteiger partial charge on any atom is 0.238 e. The van der Waals surface area contributed by atoms with Crippen molar-refractivity contribution < 1.29 is 14.3 Å². The highest BCUT2D eigenvalue weighted by Crippen LogP contribution is 2.18. The van der Waals surface area contributed by atoms with E-state index in [1.807, 2.05) is 18.7 Å². The van der Waals surface area contributed by atoms with Gasteiger partial charge in [0.15, 0.2) is 0 Å². The fraction of sp³-hybridized carbons (Fsp3) is 0.579. The summed E-state index contributed by atoms with van der Waals surface area (Å²) in [4.78, 5) is 26.6. The average molecular weight is 347 g/mol. The Balaban J connectivity index is 1.85. The van der Waals surface area contributed by atoms with E-state index in [9.17, 15) is 9.59 Å². The zero-order chi connectivity index (χ0) is 18.2. The molecular formula is C19H29N3O3. The number of ether oxygens (including phenoxy) is 1. The lowest BCUT2D eigenvalue weighted by Crippen LogP contribution is -2.49. The highest BCUT2D eigenvalue weighted by Gasteiger charge is 2.25. The van der Waals surface area contributed by atoms with Gasteiger partial charge in [0.05, 0.1) is 19.7 Å². The van der Waals surface area contributed by atoms with E-state index in [0.29, 0.717) is 18.3 Å². The highest BCUT2D eigenvalue weighted by atomic mass is 16.5. The van der Waals surface area contributed by atoms with Crippen LogP contribution in [0.2, 0.25) is 0 Å². The molecule has 2 rings (SSSR count). The summed E-state index contributed by atoms with van der Waals surface area (Å²) in [6.45, 7) is 4.63. The summed E-state index contributed by atoms with van der Waals surface area (Å²) in [6, 6.07) is 7.15. The lowest BCUT2D eigenvalue weighted by atomic mass is 10.2. The van der Waals surface area contributed by atoms with Crippen molar-refractivity contribution in [2.45, 2.75) is 51.6 Å². The van der Waals surface area contributed by atoms with Crippen LogP contribution in [-0.2, 0) is 9.59 Å². The van der Waals surface area contributed by atoms with Gasteiger partial charge in [0.1, 0.15) is 5.75 Å². The van der Waals surface area contributed by atoms with Crippen molar-refractivity contribution in [3.63, 3.8) is 0 Å². The number of likely N-dealkylation sites (N-methyl/N-ethyl adjacent to an activating group) is 1. The first kappa shape index (κ1) is 19.2. The molecular weight excluding hydrogens is 318 g/mol. The number of carbonyl (C=O) groups is 2. The van der Waals surface area contributed by atoms with Gasteiger partial charge in [0.2, 0.25) is 11.8 Å². The van der Waals surface area contributed by atoms with E-state index in [1.165, 1.54) is 12.8 Å². The smallest absolute Gasteiger partial charge is 0.238 e. The first-order valence-electron chi connectivity index (χ1n) is 9.01. The fourth-order valence-electron chi connectivity index (χ4n) is 3.14. The molecule has 0 aliphatic heterocycles. The zero-order valence-corrected chi connectivity index (χ0v) is 15.4. The molecule has 138 valence electrons. The number of benzene rings is 1. The van der Waals surface area contributed by atoms with Crippen molar-refractivity contribution in [3.8, 4) is 5.75 Å². The van der Waals surface area contributed by atoms with Gasteiger partial charge in [-0.15, -0.1) is 0 Å². The molecule has 0 aromatic heterocycles. The van der Waals surface area contributed by atoms with Gasteiger partial charge in [-0.25, -0.2) is 0 Å². The molecule has 0 radical (unpaired) electrons. The summed E-state index contributed by atoms with van der Waals surface area (Å²) in [5.41, 5.74) is 0.713. The Morgan fingerprint density at radius 1 is 1.24 bits per heavy atom. The maximum atomic E-state index is 12.4. The first-order valence-corrected chi connectivity index (χ1v) is 9.01. The molecule has 1 saturated carbocycles. The topological polar surface area (TPSA) is 70.7 Å². The molecule has 0 heterocycles. The molecule has 0 unspecified atom stereocenters. The number of rotatable bonds is 8. The van der Waals surface area contributed by atoms with Gasteiger partial charge in [-0.3, -0.25) is 14.5 Å². The Labute approximate surface area is 149 Å². The maximum absolute atomic E-state index is 12.4. The van der Waals surface area contributed by atoms with Gasteiger partial charge < -0.3 is 15.4 Å². The van der Waals surface area contributed by atoms with Gasteiger partial charge in [0, 0.05) is 11.7 Å². The van der Waals surface area contributed by atoms with Crippen LogP contribution in [0.25, 0.3) is 0 Å². The van der Waals surface area contributed by atoms with E-state index in [-0.39, 0.29) is 24.4 Å². The summed E-state index contributed by atoms with van der Waals surface area (Å²) in [6.07, 6.45) is 4.48. The SMILES string of the molecule is CCN(CC(=O)Nc1ccc(OC)cc1)[C@@H](C)C(=O)NC1CCCC1. The van der Waals surface area contributed by atoms with Crippen LogP contribution in [0.3, 0.4) is 0 Å². The predicted molar refractivity (Wildman–Crippen MR) is 98.7 cm³/mol. The zero-order valence-electron chi connectivity index (χ0n) is 15.4. The normalized spacial score (nSPS) is 15.8. The average Bonchev–Trinajstić information content (AvgIpc) is 3.12. The van der Waals surface area contributed by atoms with Gasteiger partial charge in [0.25, 0.3) is 0 Å². The van der Waals surface area contributed by atoms with Crippen LogP contribution < -0.4 is 15.4 Å². The van der Waals surface area contributed by atoms with Crippen molar-refractivity contribution in [3.05, 3.63) is 24.3 Å². The van der Waals surface area contributed by atoms with Gasteiger partial charge in [-0.1, -0.05) is 19.8 Å². The number of nitrogens with one attached hydrogen (secondary N) is 2. The number of nitrogens with zero attached hydrogens (tertiary/aromatic N) is 1.